The van der Waals surface area contributed by atoms with Crippen molar-refractivity contribution in [2.45, 2.75) is 32.7 Å². The van der Waals surface area contributed by atoms with Gasteiger partial charge in [0.15, 0.2) is 0 Å². The van der Waals surface area contributed by atoms with Crippen LogP contribution in [0.3, 0.4) is 0 Å². The van der Waals surface area contributed by atoms with Crippen LogP contribution in [0.2, 0.25) is 0 Å². The van der Waals surface area contributed by atoms with E-state index in [2.05, 4.69) is 28.9 Å². The van der Waals surface area contributed by atoms with Crippen molar-refractivity contribution in [1.29, 1.82) is 0 Å². The zero-order chi connectivity index (χ0) is 19.3. The minimum atomic E-state index is -0.520. The number of thiazole rings is 1. The zero-order valence-electron chi connectivity index (χ0n) is 15.1. The van der Waals surface area contributed by atoms with Gasteiger partial charge in [0.25, 0.3) is 5.69 Å². The second-order valence-corrected chi connectivity index (χ2v) is 6.91. The van der Waals surface area contributed by atoms with Gasteiger partial charge in [0.2, 0.25) is 0 Å². The summed E-state index contributed by atoms with van der Waals surface area (Å²) >= 11 is 1.58. The van der Waals surface area contributed by atoms with Crippen LogP contribution < -0.4 is 5.32 Å². The molecule has 1 heterocycles. The van der Waals surface area contributed by atoms with Crippen LogP contribution in [0.1, 0.15) is 49.0 Å². The number of aromatic nitrogens is 1. The number of benzene rings is 1. The molecule has 0 saturated carbocycles. The van der Waals surface area contributed by atoms with E-state index in [9.17, 15) is 14.9 Å². The molecule has 2 rings (SSSR count). The number of nitro benzene ring substituents is 1. The number of rotatable bonds is 7. The van der Waals surface area contributed by atoms with E-state index in [-0.39, 0.29) is 11.7 Å². The number of carbonyl (C=O) groups is 1. The number of carbonyl (C=O) groups excluding carboxylic acids is 1. The topological polar surface area (TPSA) is 94.4 Å². The van der Waals surface area contributed by atoms with E-state index < -0.39 is 10.9 Å². The van der Waals surface area contributed by atoms with Gasteiger partial charge in [0.05, 0.1) is 28.8 Å². The van der Waals surface area contributed by atoms with E-state index in [4.69, 9.17) is 0 Å². The van der Waals surface area contributed by atoms with E-state index >= 15 is 0 Å². The van der Waals surface area contributed by atoms with Crippen LogP contribution in [0.4, 0.5) is 11.4 Å². The molecule has 1 N–H and O–H groups in total. The lowest BCUT2D eigenvalue weighted by atomic mass is 10.1. The highest BCUT2D eigenvalue weighted by Gasteiger charge is 2.18. The third-order valence-corrected chi connectivity index (χ3v) is 4.84. The summed E-state index contributed by atoms with van der Waals surface area (Å²) in [5, 5.41) is 17.6. The average Bonchev–Trinajstić information content (AvgIpc) is 3.10. The summed E-state index contributed by atoms with van der Waals surface area (Å²) in [6.45, 7) is 6.06. The minimum absolute atomic E-state index is 0.0665. The van der Waals surface area contributed by atoms with Crippen molar-refractivity contribution in [3.05, 3.63) is 56.0 Å². The summed E-state index contributed by atoms with van der Waals surface area (Å²) in [4.78, 5) is 26.7. The van der Waals surface area contributed by atoms with Crippen molar-refractivity contribution in [2.24, 2.45) is 0 Å². The Kier molecular flexibility index (Phi) is 6.46. The highest BCUT2D eigenvalue weighted by Crippen LogP contribution is 2.31. The summed E-state index contributed by atoms with van der Waals surface area (Å²) in [5.74, 6) is -0.177. The zero-order valence-corrected chi connectivity index (χ0v) is 15.9. The van der Waals surface area contributed by atoms with Gasteiger partial charge in [-0.15, -0.1) is 11.3 Å². The van der Waals surface area contributed by atoms with Crippen LogP contribution >= 0.6 is 11.3 Å². The number of methoxy groups -OCH3 is 1. The first-order valence-corrected chi connectivity index (χ1v) is 8.96. The minimum Gasteiger partial charge on any atom is -0.466 e. The number of nitrogens with one attached hydrogen (secondary N) is 1. The molecule has 138 valence electrons. The highest BCUT2D eigenvalue weighted by atomic mass is 32.1. The van der Waals surface area contributed by atoms with Gasteiger partial charge in [-0.1, -0.05) is 19.9 Å². The fourth-order valence-corrected chi connectivity index (χ4v) is 3.16. The van der Waals surface area contributed by atoms with E-state index in [1.165, 1.54) is 25.3 Å². The Balaban J connectivity index is 2.23. The predicted octanol–water partition coefficient (Wildman–Crippen LogP) is 4.53. The van der Waals surface area contributed by atoms with Gasteiger partial charge in [-0.25, -0.2) is 9.78 Å². The fraction of sp³-hybridized carbons (Fsp3) is 0.333. The number of esters is 1. The van der Waals surface area contributed by atoms with Crippen LogP contribution in [-0.2, 0) is 9.53 Å². The maximum atomic E-state index is 11.4. The first-order valence-electron chi connectivity index (χ1n) is 8.08. The second-order valence-electron chi connectivity index (χ2n) is 6.02. The maximum absolute atomic E-state index is 11.4. The molecule has 0 aliphatic carbocycles. The van der Waals surface area contributed by atoms with E-state index in [1.54, 1.807) is 23.5 Å². The lowest BCUT2D eigenvalue weighted by Gasteiger charge is -2.13. The quantitative estimate of drug-likeness (QED) is 0.330. The largest absolute Gasteiger partial charge is 0.466 e. The molecule has 26 heavy (non-hydrogen) atoms. The third kappa shape index (κ3) is 4.89. The van der Waals surface area contributed by atoms with Gasteiger partial charge in [-0.05, 0) is 24.6 Å². The summed E-state index contributed by atoms with van der Waals surface area (Å²) in [7, 11) is 1.27. The molecule has 1 unspecified atom stereocenters. The number of anilines is 1. The van der Waals surface area contributed by atoms with Gasteiger partial charge < -0.3 is 10.1 Å². The Hall–Kier alpha value is -2.74. The Morgan fingerprint density at radius 3 is 2.69 bits per heavy atom. The van der Waals surface area contributed by atoms with Crippen LogP contribution in [0.5, 0.6) is 0 Å². The van der Waals surface area contributed by atoms with E-state index in [0.717, 1.165) is 10.7 Å². The molecule has 0 aliphatic rings. The molecule has 0 spiro atoms. The summed E-state index contributed by atoms with van der Waals surface area (Å²) < 4.78 is 4.52. The van der Waals surface area contributed by atoms with Crippen molar-refractivity contribution in [3.8, 4) is 0 Å². The molecule has 2 aromatic rings. The standard InChI is InChI=1S/C18H21N3O4S/c1-11(2)18-20-15(10-26-18)12(3)19-14-7-5-13(6-8-17(22)25-4)9-16(14)21(23)24/h5-12,19H,1-4H3. The Labute approximate surface area is 155 Å². The molecule has 8 heteroatoms. The normalized spacial score (nSPS) is 12.3. The van der Waals surface area contributed by atoms with Crippen LogP contribution in [-0.4, -0.2) is 23.0 Å². The molecular formula is C18H21N3O4S. The van der Waals surface area contributed by atoms with E-state index in [1.807, 2.05) is 12.3 Å². The highest BCUT2D eigenvalue weighted by molar-refractivity contribution is 7.09. The molecule has 0 fully saturated rings. The Morgan fingerprint density at radius 2 is 2.12 bits per heavy atom. The molecule has 1 atom stereocenters. The van der Waals surface area contributed by atoms with Gasteiger partial charge in [-0.3, -0.25) is 10.1 Å². The van der Waals surface area contributed by atoms with Crippen LogP contribution in [0.25, 0.3) is 6.08 Å². The predicted molar refractivity (Wildman–Crippen MR) is 102 cm³/mol. The first-order chi connectivity index (χ1) is 12.3. The fourth-order valence-electron chi connectivity index (χ4n) is 2.23. The van der Waals surface area contributed by atoms with Gasteiger partial charge >= 0.3 is 5.97 Å². The lowest BCUT2D eigenvalue weighted by Crippen LogP contribution is -2.09. The number of nitro groups is 1. The van der Waals surface area contributed by atoms with Crippen molar-refractivity contribution in [3.63, 3.8) is 0 Å². The van der Waals surface area contributed by atoms with Crippen LogP contribution in [0.15, 0.2) is 29.7 Å². The lowest BCUT2D eigenvalue weighted by molar-refractivity contribution is -0.384. The third-order valence-electron chi connectivity index (χ3n) is 3.68. The van der Waals surface area contributed by atoms with Crippen molar-refractivity contribution in [1.82, 2.24) is 4.98 Å². The Morgan fingerprint density at radius 1 is 1.38 bits per heavy atom. The summed E-state index contributed by atoms with van der Waals surface area (Å²) in [6, 6.07) is 4.56. The molecule has 0 radical (unpaired) electrons. The monoisotopic (exact) mass is 375 g/mol. The second kappa shape index (κ2) is 8.57. The number of nitrogens with zero attached hydrogens (tertiary/aromatic N) is 2. The van der Waals surface area contributed by atoms with Crippen LogP contribution in [0, 0.1) is 10.1 Å². The van der Waals surface area contributed by atoms with Crippen molar-refractivity contribution in [2.75, 3.05) is 12.4 Å². The van der Waals surface area contributed by atoms with Gasteiger partial charge in [-0.2, -0.15) is 0 Å². The van der Waals surface area contributed by atoms with E-state index in [0.29, 0.717) is 17.2 Å². The number of hydrogen-bond donors (Lipinski definition) is 1. The summed E-state index contributed by atoms with van der Waals surface area (Å²) in [6.07, 6.45) is 2.69. The number of ether oxygens (including phenoxy) is 1. The molecule has 0 saturated heterocycles. The molecule has 0 aliphatic heterocycles. The SMILES string of the molecule is COC(=O)C=Cc1ccc(NC(C)c2csc(C(C)C)n2)c([N+](=O)[O-])c1. The molecule has 1 aromatic carbocycles. The summed E-state index contributed by atoms with van der Waals surface area (Å²) in [5.41, 5.74) is 1.72. The molecule has 7 nitrogen and oxygen atoms in total. The van der Waals surface area contributed by atoms with Gasteiger partial charge in [0, 0.05) is 23.4 Å². The number of hydrogen-bond acceptors (Lipinski definition) is 7. The smallest absolute Gasteiger partial charge is 0.330 e. The molecule has 0 bridgehead atoms. The first kappa shape index (κ1) is 19.6. The maximum Gasteiger partial charge on any atom is 0.330 e. The molecular weight excluding hydrogens is 354 g/mol. The van der Waals surface area contributed by atoms with Crippen molar-refractivity contribution >= 4 is 34.8 Å². The van der Waals surface area contributed by atoms with Gasteiger partial charge in [0.1, 0.15) is 5.69 Å². The average molecular weight is 375 g/mol. The van der Waals surface area contributed by atoms with Crippen molar-refractivity contribution < 1.29 is 14.5 Å². The Bertz CT molecular complexity index is 830. The molecule has 0 amide bonds. The molecule has 1 aromatic heterocycles.